The first kappa shape index (κ1) is 26.4. The number of fused-ring (bicyclic) bond motifs is 1. The molecule has 1 aromatic carbocycles. The van der Waals surface area contributed by atoms with Crippen molar-refractivity contribution in [3.63, 3.8) is 0 Å². The number of benzene rings is 1. The Morgan fingerprint density at radius 1 is 1.21 bits per heavy atom. The molecule has 0 unspecified atom stereocenters. The largest absolute Gasteiger partial charge is 0.491 e. The second-order valence-corrected chi connectivity index (χ2v) is 8.59. The van der Waals surface area contributed by atoms with Crippen LogP contribution in [-0.4, -0.2) is 80.2 Å². The van der Waals surface area contributed by atoms with E-state index < -0.39 is 0 Å². The number of rotatable bonds is 5. The topological polar surface area (TPSA) is 100 Å². The average molecular weight is 463 g/mol. The number of methoxy groups -OCH3 is 1. The summed E-state index contributed by atoms with van der Waals surface area (Å²) in [6.07, 6.45) is 0.916. The third kappa shape index (κ3) is 7.08. The fourth-order valence-corrected chi connectivity index (χ4v) is 3.72. The zero-order chi connectivity index (χ0) is 24.5. The first-order chi connectivity index (χ1) is 15.7. The molecule has 184 valence electrons. The monoisotopic (exact) mass is 462 g/mol. The molecule has 1 heterocycles. The molecule has 0 saturated carbocycles. The van der Waals surface area contributed by atoms with Crippen LogP contribution < -0.4 is 15.4 Å². The number of ether oxygens (including phenoxy) is 2. The van der Waals surface area contributed by atoms with Gasteiger partial charge in [0.15, 0.2) is 0 Å². The first-order valence-electron chi connectivity index (χ1n) is 11.6. The van der Waals surface area contributed by atoms with E-state index in [2.05, 4.69) is 10.6 Å². The molecule has 0 bridgehead atoms. The molecule has 4 amide bonds. The maximum atomic E-state index is 13.3. The van der Waals surface area contributed by atoms with Gasteiger partial charge in [-0.15, -0.1) is 0 Å². The Morgan fingerprint density at radius 3 is 2.58 bits per heavy atom. The molecule has 3 atom stereocenters. The quantitative estimate of drug-likeness (QED) is 0.701. The summed E-state index contributed by atoms with van der Waals surface area (Å²) in [6.45, 7) is 9.34. The molecule has 0 radical (unpaired) electrons. The van der Waals surface area contributed by atoms with Gasteiger partial charge in [-0.05, 0) is 31.5 Å². The molecule has 0 aliphatic carbocycles. The minimum atomic E-state index is -0.264. The van der Waals surface area contributed by atoms with E-state index in [1.165, 1.54) is 0 Å². The lowest BCUT2D eigenvalue weighted by atomic mass is 10.0. The van der Waals surface area contributed by atoms with Gasteiger partial charge in [-0.3, -0.25) is 9.59 Å². The molecule has 2 rings (SSSR count). The van der Waals surface area contributed by atoms with Crippen LogP contribution >= 0.6 is 0 Å². The number of carbonyl (C=O) groups is 3. The number of nitrogens with one attached hydrogen (secondary N) is 2. The van der Waals surface area contributed by atoms with Crippen LogP contribution in [0, 0.1) is 5.92 Å². The average Bonchev–Trinajstić information content (AvgIpc) is 2.81. The Labute approximate surface area is 196 Å². The van der Waals surface area contributed by atoms with Crippen LogP contribution in [0.2, 0.25) is 0 Å². The van der Waals surface area contributed by atoms with Crippen LogP contribution in [0.4, 0.5) is 10.5 Å². The maximum absolute atomic E-state index is 13.3. The van der Waals surface area contributed by atoms with Crippen molar-refractivity contribution in [2.24, 2.45) is 5.92 Å². The fourth-order valence-electron chi connectivity index (χ4n) is 3.72. The van der Waals surface area contributed by atoms with Crippen molar-refractivity contribution < 1.29 is 23.9 Å². The number of hydrogen-bond acceptors (Lipinski definition) is 5. The summed E-state index contributed by atoms with van der Waals surface area (Å²) in [7, 11) is 3.33. The van der Waals surface area contributed by atoms with Gasteiger partial charge in [0.1, 0.15) is 12.4 Å². The minimum Gasteiger partial charge on any atom is -0.491 e. The van der Waals surface area contributed by atoms with E-state index in [1.807, 2.05) is 20.8 Å². The van der Waals surface area contributed by atoms with Crippen molar-refractivity contribution in [2.75, 3.05) is 45.7 Å². The summed E-state index contributed by atoms with van der Waals surface area (Å²) >= 11 is 0. The number of carbonyl (C=O) groups excluding carboxylic acids is 3. The van der Waals surface area contributed by atoms with Crippen LogP contribution in [0.5, 0.6) is 5.75 Å². The smallest absolute Gasteiger partial charge is 0.317 e. The number of anilines is 1. The lowest BCUT2D eigenvalue weighted by molar-refractivity contribution is -0.115. The number of hydrogen-bond donors (Lipinski definition) is 2. The molecule has 33 heavy (non-hydrogen) atoms. The predicted molar refractivity (Wildman–Crippen MR) is 128 cm³/mol. The van der Waals surface area contributed by atoms with Crippen LogP contribution in [0.1, 0.15) is 50.9 Å². The van der Waals surface area contributed by atoms with Gasteiger partial charge >= 0.3 is 6.03 Å². The minimum absolute atomic E-state index is 0.0193. The molecule has 9 nitrogen and oxygen atoms in total. The van der Waals surface area contributed by atoms with Gasteiger partial charge in [0.05, 0.1) is 17.7 Å². The normalized spacial score (nSPS) is 21.9. The van der Waals surface area contributed by atoms with Crippen LogP contribution in [-0.2, 0) is 9.53 Å². The zero-order valence-electron chi connectivity index (χ0n) is 20.6. The molecule has 9 heteroatoms. The summed E-state index contributed by atoms with van der Waals surface area (Å²) in [5, 5.41) is 5.74. The molecule has 2 N–H and O–H groups in total. The Bertz CT molecular complexity index is 831. The SMILES string of the molecule is CCCNC(=O)N1C[C@@H](C)[C@@H](OC)CN(C)C(=O)c2cc(NC(=O)CC)ccc2OC[C@H]1C. The van der Waals surface area contributed by atoms with Gasteiger partial charge < -0.3 is 29.9 Å². The number of amides is 4. The lowest BCUT2D eigenvalue weighted by Gasteiger charge is -2.36. The van der Waals surface area contributed by atoms with Crippen molar-refractivity contribution in [1.29, 1.82) is 0 Å². The van der Waals surface area contributed by atoms with E-state index >= 15 is 0 Å². The highest BCUT2D eigenvalue weighted by molar-refractivity contribution is 5.99. The Morgan fingerprint density at radius 2 is 1.94 bits per heavy atom. The predicted octanol–water partition coefficient (Wildman–Crippen LogP) is 2.96. The van der Waals surface area contributed by atoms with E-state index in [1.54, 1.807) is 49.1 Å². The van der Waals surface area contributed by atoms with Gasteiger partial charge in [0.2, 0.25) is 5.91 Å². The summed E-state index contributed by atoms with van der Waals surface area (Å²) in [5.74, 6) is 0.0249. The number of nitrogens with zero attached hydrogens (tertiary/aromatic N) is 2. The molecule has 1 aromatic rings. The van der Waals surface area contributed by atoms with E-state index in [4.69, 9.17) is 9.47 Å². The van der Waals surface area contributed by atoms with Crippen molar-refractivity contribution in [1.82, 2.24) is 15.1 Å². The second kappa shape index (κ2) is 12.4. The highest BCUT2D eigenvalue weighted by atomic mass is 16.5. The van der Waals surface area contributed by atoms with Gasteiger partial charge in [-0.1, -0.05) is 20.8 Å². The summed E-state index contributed by atoms with van der Waals surface area (Å²) in [5.41, 5.74) is 0.881. The maximum Gasteiger partial charge on any atom is 0.317 e. The van der Waals surface area contributed by atoms with Crippen molar-refractivity contribution in [3.05, 3.63) is 23.8 Å². The van der Waals surface area contributed by atoms with Gasteiger partial charge in [-0.25, -0.2) is 4.79 Å². The van der Waals surface area contributed by atoms with Crippen LogP contribution in [0.3, 0.4) is 0 Å². The van der Waals surface area contributed by atoms with Crippen molar-refractivity contribution in [3.8, 4) is 5.75 Å². The van der Waals surface area contributed by atoms with E-state index in [-0.39, 0.29) is 42.5 Å². The van der Waals surface area contributed by atoms with Gasteiger partial charge in [-0.2, -0.15) is 0 Å². The summed E-state index contributed by atoms with van der Waals surface area (Å²) < 4.78 is 11.7. The Hall–Kier alpha value is -2.81. The number of urea groups is 1. The summed E-state index contributed by atoms with van der Waals surface area (Å²) in [4.78, 5) is 41.4. The highest BCUT2D eigenvalue weighted by Gasteiger charge is 2.30. The zero-order valence-corrected chi connectivity index (χ0v) is 20.6. The first-order valence-corrected chi connectivity index (χ1v) is 11.6. The van der Waals surface area contributed by atoms with E-state index in [9.17, 15) is 14.4 Å². The van der Waals surface area contributed by atoms with Gasteiger partial charge in [0, 0.05) is 51.8 Å². The highest BCUT2D eigenvalue weighted by Crippen LogP contribution is 2.26. The summed E-state index contributed by atoms with van der Waals surface area (Å²) in [6, 6.07) is 4.65. The lowest BCUT2D eigenvalue weighted by Crippen LogP contribution is -2.51. The van der Waals surface area contributed by atoms with E-state index in [0.717, 1.165) is 6.42 Å². The van der Waals surface area contributed by atoms with Crippen molar-refractivity contribution in [2.45, 2.75) is 52.7 Å². The van der Waals surface area contributed by atoms with Crippen LogP contribution in [0.25, 0.3) is 0 Å². The van der Waals surface area contributed by atoms with Gasteiger partial charge in [0.25, 0.3) is 5.91 Å². The molecular formula is C24H38N4O5. The van der Waals surface area contributed by atoms with Crippen molar-refractivity contribution >= 4 is 23.5 Å². The molecular weight excluding hydrogens is 424 g/mol. The third-order valence-corrected chi connectivity index (χ3v) is 5.84. The van der Waals surface area contributed by atoms with Crippen LogP contribution in [0.15, 0.2) is 18.2 Å². The van der Waals surface area contributed by atoms with E-state index in [0.29, 0.717) is 43.1 Å². The molecule has 0 fully saturated rings. The fraction of sp³-hybridized carbons (Fsp3) is 0.625. The molecule has 0 spiro atoms. The number of likely N-dealkylation sites (N-methyl/N-ethyl adjacent to an activating group) is 1. The third-order valence-electron chi connectivity index (χ3n) is 5.84. The second-order valence-electron chi connectivity index (χ2n) is 8.59. The molecule has 1 aliphatic heterocycles. The molecule has 0 aromatic heterocycles. The molecule has 1 aliphatic rings. The Balaban J connectivity index is 2.42. The standard InChI is InChI=1S/C24H38N4O5/c1-7-11-25-24(31)28-13-16(3)21(32-6)14-27(5)23(30)19-12-18(26-22(29)8-2)9-10-20(19)33-15-17(28)4/h9-10,12,16-17,21H,7-8,11,13-15H2,1-6H3,(H,25,31)(H,26,29)/t16-,17-,21+/m1/s1. The molecule has 0 saturated heterocycles. The Kier molecular flexibility index (Phi) is 9.96.